The van der Waals surface area contributed by atoms with Crippen LogP contribution in [0, 0.1) is 11.8 Å². The molecular weight excluding hydrogens is 242 g/mol. The summed E-state index contributed by atoms with van der Waals surface area (Å²) < 4.78 is 0. The minimum absolute atomic E-state index is 0.0199. The van der Waals surface area contributed by atoms with Crippen molar-refractivity contribution in [3.63, 3.8) is 0 Å². The molecule has 2 fully saturated rings. The molecule has 0 bridgehead atoms. The molecular formula is C14H25N3O2. The molecule has 2 aliphatic rings. The first-order valence-corrected chi connectivity index (χ1v) is 7.45. The Hall–Kier alpha value is -1.10. The highest BCUT2D eigenvalue weighted by molar-refractivity contribution is 5.89. The molecule has 2 amide bonds. The van der Waals surface area contributed by atoms with Gasteiger partial charge in [-0.05, 0) is 44.6 Å². The van der Waals surface area contributed by atoms with Crippen molar-refractivity contribution >= 4 is 11.8 Å². The molecule has 0 aromatic heterocycles. The average Bonchev–Trinajstić information content (AvgIpc) is 2.97. The van der Waals surface area contributed by atoms with Gasteiger partial charge in [0, 0.05) is 6.54 Å². The van der Waals surface area contributed by atoms with Crippen molar-refractivity contribution < 1.29 is 9.59 Å². The molecule has 19 heavy (non-hydrogen) atoms. The largest absolute Gasteiger partial charge is 0.354 e. The van der Waals surface area contributed by atoms with Crippen LogP contribution in [0.3, 0.4) is 0 Å². The number of nitrogens with one attached hydrogen (secondary N) is 3. The molecule has 1 saturated carbocycles. The lowest BCUT2D eigenvalue weighted by Gasteiger charge is -2.20. The summed E-state index contributed by atoms with van der Waals surface area (Å²) in [5.41, 5.74) is 0. The van der Waals surface area contributed by atoms with Crippen LogP contribution in [0.25, 0.3) is 0 Å². The van der Waals surface area contributed by atoms with Gasteiger partial charge in [-0.15, -0.1) is 0 Å². The summed E-state index contributed by atoms with van der Waals surface area (Å²) in [6, 6.07) is -0.560. The van der Waals surface area contributed by atoms with E-state index in [1.165, 1.54) is 12.8 Å². The Morgan fingerprint density at radius 3 is 2.89 bits per heavy atom. The smallest absolute Gasteiger partial charge is 0.242 e. The van der Waals surface area contributed by atoms with Gasteiger partial charge in [-0.2, -0.15) is 0 Å². The zero-order chi connectivity index (χ0) is 13.8. The van der Waals surface area contributed by atoms with Gasteiger partial charge in [-0.1, -0.05) is 13.3 Å². The van der Waals surface area contributed by atoms with Crippen LogP contribution in [0.5, 0.6) is 0 Å². The van der Waals surface area contributed by atoms with E-state index in [0.29, 0.717) is 18.4 Å². The second kappa shape index (κ2) is 6.37. The van der Waals surface area contributed by atoms with Crippen LogP contribution in [0.15, 0.2) is 0 Å². The molecule has 0 spiro atoms. The molecule has 1 saturated heterocycles. The maximum Gasteiger partial charge on any atom is 0.242 e. The third kappa shape index (κ3) is 3.26. The van der Waals surface area contributed by atoms with Crippen LogP contribution in [-0.2, 0) is 9.59 Å². The fourth-order valence-electron chi connectivity index (χ4n) is 3.24. The van der Waals surface area contributed by atoms with Crippen LogP contribution in [0.2, 0.25) is 0 Å². The van der Waals surface area contributed by atoms with Crippen molar-refractivity contribution in [2.45, 2.75) is 51.6 Å². The maximum absolute atomic E-state index is 12.2. The third-order valence-electron chi connectivity index (χ3n) is 4.33. The van der Waals surface area contributed by atoms with E-state index < -0.39 is 6.04 Å². The first-order chi connectivity index (χ1) is 9.13. The third-order valence-corrected chi connectivity index (χ3v) is 4.33. The van der Waals surface area contributed by atoms with Crippen LogP contribution < -0.4 is 16.0 Å². The molecule has 2 rings (SSSR count). The summed E-state index contributed by atoms with van der Waals surface area (Å²) in [6.07, 6.45) is 4.49. The Balaban J connectivity index is 1.82. The number of hydrogen-bond acceptors (Lipinski definition) is 3. The van der Waals surface area contributed by atoms with Crippen molar-refractivity contribution in [2.24, 2.45) is 11.8 Å². The molecule has 5 nitrogen and oxygen atoms in total. The Labute approximate surface area is 114 Å². The highest BCUT2D eigenvalue weighted by atomic mass is 16.2. The van der Waals surface area contributed by atoms with Crippen molar-refractivity contribution in [1.29, 1.82) is 0 Å². The van der Waals surface area contributed by atoms with E-state index in [0.717, 1.165) is 19.4 Å². The van der Waals surface area contributed by atoms with Crippen molar-refractivity contribution in [1.82, 2.24) is 16.0 Å². The normalized spacial score (nSPS) is 30.7. The van der Waals surface area contributed by atoms with Gasteiger partial charge in [0.1, 0.15) is 6.04 Å². The Kier molecular flexibility index (Phi) is 4.80. The average molecular weight is 267 g/mol. The van der Waals surface area contributed by atoms with E-state index in [-0.39, 0.29) is 17.9 Å². The van der Waals surface area contributed by atoms with E-state index in [4.69, 9.17) is 0 Å². The van der Waals surface area contributed by atoms with E-state index in [1.54, 1.807) is 6.92 Å². The quantitative estimate of drug-likeness (QED) is 0.675. The number of carbonyl (C=O) groups is 2. The zero-order valence-electron chi connectivity index (χ0n) is 11.9. The minimum Gasteiger partial charge on any atom is -0.354 e. The fraction of sp³-hybridized carbons (Fsp3) is 0.857. The predicted octanol–water partition coefficient (Wildman–Crippen LogP) is 0.405. The Morgan fingerprint density at radius 2 is 2.16 bits per heavy atom. The first-order valence-electron chi connectivity index (χ1n) is 7.45. The molecule has 4 unspecified atom stereocenters. The van der Waals surface area contributed by atoms with Gasteiger partial charge in [0.05, 0.1) is 6.04 Å². The van der Waals surface area contributed by atoms with Gasteiger partial charge in [0.2, 0.25) is 11.8 Å². The second-order valence-electron chi connectivity index (χ2n) is 5.76. The number of amides is 2. The molecule has 0 radical (unpaired) electrons. The topological polar surface area (TPSA) is 70.2 Å². The minimum atomic E-state index is -0.457. The van der Waals surface area contributed by atoms with E-state index in [1.807, 2.05) is 6.92 Å². The SMILES string of the molecule is CCCNC(=O)C(C)NC(=O)C1NCC2CCCC21. The summed E-state index contributed by atoms with van der Waals surface area (Å²) in [7, 11) is 0. The van der Waals surface area contributed by atoms with Crippen LogP contribution in [-0.4, -0.2) is 37.0 Å². The monoisotopic (exact) mass is 267 g/mol. The lowest BCUT2D eigenvalue weighted by molar-refractivity contribution is -0.130. The van der Waals surface area contributed by atoms with Gasteiger partial charge < -0.3 is 16.0 Å². The second-order valence-corrected chi connectivity index (χ2v) is 5.76. The maximum atomic E-state index is 12.2. The van der Waals surface area contributed by atoms with Gasteiger partial charge in [-0.3, -0.25) is 9.59 Å². The Morgan fingerprint density at radius 1 is 1.37 bits per heavy atom. The van der Waals surface area contributed by atoms with Crippen molar-refractivity contribution in [2.75, 3.05) is 13.1 Å². The molecule has 1 aliphatic carbocycles. The molecule has 4 atom stereocenters. The molecule has 0 aromatic carbocycles. The lowest BCUT2D eigenvalue weighted by atomic mass is 9.93. The van der Waals surface area contributed by atoms with Gasteiger partial charge in [0.15, 0.2) is 0 Å². The summed E-state index contributed by atoms with van der Waals surface area (Å²) in [5.74, 6) is 0.996. The van der Waals surface area contributed by atoms with Crippen LogP contribution in [0.1, 0.15) is 39.5 Å². The summed E-state index contributed by atoms with van der Waals surface area (Å²) >= 11 is 0. The van der Waals surface area contributed by atoms with Gasteiger partial charge in [0.25, 0.3) is 0 Å². The van der Waals surface area contributed by atoms with Gasteiger partial charge in [-0.25, -0.2) is 0 Å². The molecule has 1 aliphatic heterocycles. The molecule has 1 heterocycles. The summed E-state index contributed by atoms with van der Waals surface area (Å²) in [4.78, 5) is 24.0. The number of hydrogen-bond donors (Lipinski definition) is 3. The molecule has 5 heteroatoms. The predicted molar refractivity (Wildman–Crippen MR) is 73.5 cm³/mol. The lowest BCUT2D eigenvalue weighted by Crippen LogP contribution is -2.51. The van der Waals surface area contributed by atoms with Crippen molar-refractivity contribution in [3.05, 3.63) is 0 Å². The molecule has 108 valence electrons. The molecule has 0 aromatic rings. The van der Waals surface area contributed by atoms with Crippen LogP contribution >= 0.6 is 0 Å². The highest BCUT2D eigenvalue weighted by Gasteiger charge is 2.42. The van der Waals surface area contributed by atoms with Gasteiger partial charge >= 0.3 is 0 Å². The first kappa shape index (κ1) is 14.3. The highest BCUT2D eigenvalue weighted by Crippen LogP contribution is 2.37. The fourth-order valence-corrected chi connectivity index (χ4v) is 3.24. The standard InChI is InChI=1S/C14H25N3O2/c1-3-7-15-13(18)9(2)17-14(19)12-11-6-4-5-10(11)8-16-12/h9-12,16H,3-8H2,1-2H3,(H,15,18)(H,17,19). The summed E-state index contributed by atoms with van der Waals surface area (Å²) in [5, 5.41) is 8.93. The van der Waals surface area contributed by atoms with E-state index in [2.05, 4.69) is 16.0 Å². The zero-order valence-corrected chi connectivity index (χ0v) is 11.9. The van der Waals surface area contributed by atoms with E-state index >= 15 is 0 Å². The summed E-state index contributed by atoms with van der Waals surface area (Å²) in [6.45, 7) is 5.35. The van der Waals surface area contributed by atoms with Crippen LogP contribution in [0.4, 0.5) is 0 Å². The number of fused-ring (bicyclic) bond motifs is 1. The van der Waals surface area contributed by atoms with Crippen molar-refractivity contribution in [3.8, 4) is 0 Å². The number of carbonyl (C=O) groups excluding carboxylic acids is 2. The van der Waals surface area contributed by atoms with E-state index in [9.17, 15) is 9.59 Å². The molecule has 3 N–H and O–H groups in total. The Bertz CT molecular complexity index is 346. The number of rotatable bonds is 5.